The van der Waals surface area contributed by atoms with Crippen LogP contribution in [0.5, 0.6) is 0 Å². The van der Waals surface area contributed by atoms with Gasteiger partial charge >= 0.3 is 0 Å². The van der Waals surface area contributed by atoms with Crippen LogP contribution in [0.2, 0.25) is 0 Å². The van der Waals surface area contributed by atoms with Crippen LogP contribution in [-0.4, -0.2) is 55.4 Å². The highest BCUT2D eigenvalue weighted by atomic mass is 32.2. The molecule has 1 aromatic heterocycles. The van der Waals surface area contributed by atoms with E-state index in [9.17, 15) is 13.7 Å². The second-order valence-electron chi connectivity index (χ2n) is 7.09. The zero-order valence-corrected chi connectivity index (χ0v) is 16.5. The van der Waals surface area contributed by atoms with Crippen LogP contribution in [0.25, 0.3) is 10.9 Å². The van der Waals surface area contributed by atoms with Crippen LogP contribution in [-0.2, 0) is 10.0 Å². The Hall–Kier alpha value is -2.66. The number of para-hydroxylation sites is 1. The Labute approximate surface area is 165 Å². The zero-order chi connectivity index (χ0) is 19.7. The third-order valence-electron chi connectivity index (χ3n) is 5.33. The van der Waals surface area contributed by atoms with Gasteiger partial charge in [0.1, 0.15) is 6.04 Å². The molecule has 2 heterocycles. The number of aromatic nitrogens is 1. The monoisotopic (exact) mass is 394 g/mol. The van der Waals surface area contributed by atoms with Crippen molar-refractivity contribution in [2.45, 2.75) is 10.9 Å². The minimum Gasteiger partial charge on any atom is -0.304 e. The lowest BCUT2D eigenvalue weighted by atomic mass is 10.0. The van der Waals surface area contributed by atoms with Crippen LogP contribution in [0.3, 0.4) is 0 Å². The van der Waals surface area contributed by atoms with Crippen molar-refractivity contribution in [3.8, 4) is 6.07 Å². The van der Waals surface area contributed by atoms with Crippen molar-refractivity contribution in [3.05, 3.63) is 66.4 Å². The highest BCUT2D eigenvalue weighted by molar-refractivity contribution is 7.90. The molecule has 1 aliphatic heterocycles. The average molecular weight is 395 g/mol. The molecule has 3 aromatic rings. The Morgan fingerprint density at radius 2 is 1.61 bits per heavy atom. The fraction of sp³-hybridized carbons (Fsp3) is 0.286. The molecule has 0 N–H and O–H groups in total. The summed E-state index contributed by atoms with van der Waals surface area (Å²) in [6, 6.07) is 17.7. The summed E-state index contributed by atoms with van der Waals surface area (Å²) in [7, 11) is -1.68. The Morgan fingerprint density at radius 1 is 0.964 bits per heavy atom. The standard InChI is InChI=1S/C21H22N4O2S/c1-23-11-13-24(14-12-23)21(15-22)19-16-25(20-10-6-5-9-18(19)20)28(26,27)17-7-3-2-4-8-17/h2-10,16,21H,11-14H2,1H3/t21-/m1/s1. The van der Waals surface area contributed by atoms with Gasteiger partial charge < -0.3 is 4.90 Å². The van der Waals surface area contributed by atoms with Gasteiger partial charge in [-0.15, -0.1) is 0 Å². The molecule has 0 unspecified atom stereocenters. The van der Waals surface area contributed by atoms with Gasteiger partial charge in [0.25, 0.3) is 10.0 Å². The van der Waals surface area contributed by atoms with Gasteiger partial charge in [-0.1, -0.05) is 36.4 Å². The molecule has 0 saturated carbocycles. The Balaban J connectivity index is 1.84. The first kappa shape index (κ1) is 18.7. The minimum absolute atomic E-state index is 0.232. The summed E-state index contributed by atoms with van der Waals surface area (Å²) in [5.74, 6) is 0. The summed E-state index contributed by atoms with van der Waals surface area (Å²) >= 11 is 0. The molecule has 0 aliphatic carbocycles. The van der Waals surface area contributed by atoms with E-state index in [1.807, 2.05) is 18.2 Å². The molecule has 28 heavy (non-hydrogen) atoms. The van der Waals surface area contributed by atoms with Gasteiger partial charge in [-0.2, -0.15) is 5.26 Å². The summed E-state index contributed by atoms with van der Waals surface area (Å²) in [6.45, 7) is 3.33. The maximum atomic E-state index is 13.3. The van der Waals surface area contributed by atoms with Crippen molar-refractivity contribution in [2.75, 3.05) is 33.2 Å². The van der Waals surface area contributed by atoms with Gasteiger partial charge in [-0.3, -0.25) is 4.90 Å². The maximum absolute atomic E-state index is 13.3. The van der Waals surface area contributed by atoms with Crippen LogP contribution in [0.4, 0.5) is 0 Å². The van der Waals surface area contributed by atoms with Gasteiger partial charge in [0, 0.05) is 43.3 Å². The SMILES string of the molecule is CN1CCN([C@H](C#N)c2cn(S(=O)(=O)c3ccccc3)c3ccccc23)CC1. The first-order valence-electron chi connectivity index (χ1n) is 9.25. The van der Waals surface area contributed by atoms with Crippen molar-refractivity contribution in [3.63, 3.8) is 0 Å². The second-order valence-corrected chi connectivity index (χ2v) is 8.90. The van der Waals surface area contributed by atoms with Crippen LogP contribution in [0, 0.1) is 11.3 Å². The molecular weight excluding hydrogens is 372 g/mol. The van der Waals surface area contributed by atoms with Gasteiger partial charge in [-0.05, 0) is 25.2 Å². The van der Waals surface area contributed by atoms with Crippen LogP contribution in [0.15, 0.2) is 65.7 Å². The molecule has 0 radical (unpaired) electrons. The largest absolute Gasteiger partial charge is 0.304 e. The van der Waals surface area contributed by atoms with E-state index in [1.165, 1.54) is 3.97 Å². The van der Waals surface area contributed by atoms with Crippen LogP contribution < -0.4 is 0 Å². The number of hydrogen-bond acceptors (Lipinski definition) is 5. The smallest absolute Gasteiger partial charge is 0.268 e. The van der Waals surface area contributed by atoms with E-state index in [4.69, 9.17) is 0 Å². The molecule has 144 valence electrons. The summed E-state index contributed by atoms with van der Waals surface area (Å²) in [4.78, 5) is 4.59. The van der Waals surface area contributed by atoms with E-state index >= 15 is 0 Å². The van der Waals surface area contributed by atoms with E-state index in [0.717, 1.165) is 37.1 Å². The summed E-state index contributed by atoms with van der Waals surface area (Å²) in [5.41, 5.74) is 1.33. The third-order valence-corrected chi connectivity index (χ3v) is 7.02. The summed E-state index contributed by atoms with van der Waals surface area (Å²) in [6.07, 6.45) is 1.62. The lowest BCUT2D eigenvalue weighted by Gasteiger charge is -2.35. The molecule has 6 nitrogen and oxygen atoms in total. The Morgan fingerprint density at radius 3 is 2.29 bits per heavy atom. The molecule has 0 spiro atoms. The lowest BCUT2D eigenvalue weighted by molar-refractivity contribution is 0.133. The number of hydrogen-bond donors (Lipinski definition) is 0. The van der Waals surface area contributed by atoms with Crippen LogP contribution in [0.1, 0.15) is 11.6 Å². The zero-order valence-electron chi connectivity index (χ0n) is 15.7. The average Bonchev–Trinajstić information content (AvgIpc) is 3.11. The molecule has 0 amide bonds. The van der Waals surface area contributed by atoms with Gasteiger partial charge in [0.05, 0.1) is 16.5 Å². The molecule has 7 heteroatoms. The fourth-order valence-corrected chi connectivity index (χ4v) is 5.12. The number of nitriles is 1. The van der Waals surface area contributed by atoms with E-state index in [1.54, 1.807) is 42.6 Å². The molecule has 1 aliphatic rings. The molecule has 4 rings (SSSR count). The van der Waals surface area contributed by atoms with Crippen molar-refractivity contribution in [2.24, 2.45) is 0 Å². The van der Waals surface area contributed by atoms with E-state index in [-0.39, 0.29) is 4.90 Å². The van der Waals surface area contributed by atoms with Crippen molar-refractivity contribution < 1.29 is 8.42 Å². The lowest BCUT2D eigenvalue weighted by Crippen LogP contribution is -2.45. The number of benzene rings is 2. The number of piperazine rings is 1. The molecule has 1 fully saturated rings. The predicted octanol–water partition coefficient (Wildman–Crippen LogP) is 2.69. The number of rotatable bonds is 4. The summed E-state index contributed by atoms with van der Waals surface area (Å²) in [5, 5.41) is 10.7. The Bertz CT molecular complexity index is 1120. The minimum atomic E-state index is -3.75. The topological polar surface area (TPSA) is 69.3 Å². The third kappa shape index (κ3) is 3.20. The molecule has 2 aromatic carbocycles. The maximum Gasteiger partial charge on any atom is 0.268 e. The van der Waals surface area contributed by atoms with E-state index in [2.05, 4.69) is 22.9 Å². The number of fused-ring (bicyclic) bond motifs is 1. The van der Waals surface area contributed by atoms with Gasteiger partial charge in [0.2, 0.25) is 0 Å². The Kier molecular flexibility index (Phi) is 4.94. The second kappa shape index (κ2) is 7.40. The van der Waals surface area contributed by atoms with Crippen molar-refractivity contribution >= 4 is 20.9 Å². The van der Waals surface area contributed by atoms with Gasteiger partial charge in [-0.25, -0.2) is 12.4 Å². The quantitative estimate of drug-likeness (QED) is 0.681. The highest BCUT2D eigenvalue weighted by Gasteiger charge is 2.29. The normalized spacial score (nSPS) is 17.4. The van der Waals surface area contributed by atoms with Crippen molar-refractivity contribution in [1.82, 2.24) is 13.8 Å². The van der Waals surface area contributed by atoms with Crippen LogP contribution >= 0.6 is 0 Å². The molecule has 0 bridgehead atoms. The van der Waals surface area contributed by atoms with Crippen molar-refractivity contribution in [1.29, 1.82) is 5.26 Å². The predicted molar refractivity (Wildman–Crippen MR) is 108 cm³/mol. The fourth-order valence-electron chi connectivity index (χ4n) is 3.73. The molecular formula is C21H22N4O2S. The number of likely N-dealkylation sites (N-methyl/N-ethyl adjacent to an activating group) is 1. The first-order valence-corrected chi connectivity index (χ1v) is 10.7. The van der Waals surface area contributed by atoms with Gasteiger partial charge in [0.15, 0.2) is 0 Å². The molecule has 1 saturated heterocycles. The van der Waals surface area contributed by atoms with E-state index < -0.39 is 16.1 Å². The number of nitrogens with zero attached hydrogens (tertiary/aromatic N) is 4. The first-order chi connectivity index (χ1) is 13.5. The summed E-state index contributed by atoms with van der Waals surface area (Å²) < 4.78 is 27.8. The van der Waals surface area contributed by atoms with E-state index in [0.29, 0.717) is 5.52 Å². The molecule has 1 atom stereocenters. The highest BCUT2D eigenvalue weighted by Crippen LogP contribution is 2.32.